The van der Waals surface area contributed by atoms with Crippen LogP contribution in [0.5, 0.6) is 0 Å². The molecule has 4 heteroatoms. The topological polar surface area (TPSA) is 46.5 Å². The largest absolute Gasteiger partial charge is 0.289 e. The molecule has 0 spiro atoms. The Bertz CT molecular complexity index is 394. The summed E-state index contributed by atoms with van der Waals surface area (Å²) in [7, 11) is 0. The molecule has 0 fully saturated rings. The van der Waals surface area contributed by atoms with Gasteiger partial charge in [0.25, 0.3) is 0 Å². The molecule has 1 unspecified atom stereocenters. The Labute approximate surface area is 93.7 Å². The lowest BCUT2D eigenvalue weighted by Gasteiger charge is -2.13. The van der Waals surface area contributed by atoms with Crippen molar-refractivity contribution in [2.75, 3.05) is 0 Å². The third-order valence-corrected chi connectivity index (χ3v) is 2.57. The molecule has 0 aliphatic heterocycles. The number of allylic oxidation sites excluding steroid dienone is 6. The fourth-order valence-electron chi connectivity index (χ4n) is 1.56. The summed E-state index contributed by atoms with van der Waals surface area (Å²) >= 11 is 0. The Morgan fingerprint density at radius 1 is 1.62 bits per heavy atom. The van der Waals surface area contributed by atoms with Crippen molar-refractivity contribution in [2.24, 2.45) is 5.18 Å². The molecule has 0 aromatic rings. The molecule has 0 saturated heterocycles. The van der Waals surface area contributed by atoms with Gasteiger partial charge in [0.2, 0.25) is 0 Å². The van der Waals surface area contributed by atoms with Crippen LogP contribution in [0.2, 0.25) is 0 Å². The number of halogens is 1. The zero-order valence-electron chi connectivity index (χ0n) is 9.37. The zero-order valence-corrected chi connectivity index (χ0v) is 9.37. The summed E-state index contributed by atoms with van der Waals surface area (Å²) < 4.78 is 13.5. The van der Waals surface area contributed by atoms with Crippen LogP contribution in [0, 0.1) is 4.91 Å². The van der Waals surface area contributed by atoms with E-state index in [-0.39, 0.29) is 23.3 Å². The van der Waals surface area contributed by atoms with E-state index in [1.165, 1.54) is 13.0 Å². The minimum Gasteiger partial charge on any atom is -0.289 e. The van der Waals surface area contributed by atoms with Crippen LogP contribution < -0.4 is 0 Å². The Morgan fingerprint density at radius 3 is 2.81 bits per heavy atom. The van der Waals surface area contributed by atoms with Gasteiger partial charge in [-0.1, -0.05) is 25.2 Å². The highest BCUT2D eigenvalue weighted by atomic mass is 19.1. The lowest BCUT2D eigenvalue weighted by atomic mass is 9.94. The molecule has 0 amide bonds. The first-order chi connectivity index (χ1) is 7.61. The molecule has 0 aromatic heterocycles. The molecule has 1 aliphatic rings. The number of carbonyl (C=O) groups is 1. The predicted octanol–water partition coefficient (Wildman–Crippen LogP) is 3.23. The van der Waals surface area contributed by atoms with E-state index in [4.69, 9.17) is 0 Å². The molecule has 0 bridgehead atoms. The lowest BCUT2D eigenvalue weighted by molar-refractivity contribution is -0.112. The molecule has 1 aliphatic carbocycles. The van der Waals surface area contributed by atoms with Crippen molar-refractivity contribution in [1.82, 2.24) is 0 Å². The first kappa shape index (κ1) is 12.5. The van der Waals surface area contributed by atoms with Crippen LogP contribution in [-0.4, -0.2) is 12.0 Å². The van der Waals surface area contributed by atoms with Gasteiger partial charge < -0.3 is 0 Å². The van der Waals surface area contributed by atoms with E-state index in [0.29, 0.717) is 6.42 Å². The average Bonchev–Trinajstić information content (AvgIpc) is 2.30. The molecule has 0 saturated carbocycles. The van der Waals surface area contributed by atoms with Crippen molar-refractivity contribution in [3.63, 3.8) is 0 Å². The summed E-state index contributed by atoms with van der Waals surface area (Å²) in [6.45, 7) is 3.24. The molecule has 1 rings (SSSR count). The average molecular weight is 223 g/mol. The van der Waals surface area contributed by atoms with Gasteiger partial charge in [-0.2, -0.15) is 0 Å². The molecular weight excluding hydrogens is 209 g/mol. The van der Waals surface area contributed by atoms with E-state index >= 15 is 0 Å². The maximum Gasteiger partial charge on any atom is 0.189 e. The number of alkyl halides is 1. The van der Waals surface area contributed by atoms with Gasteiger partial charge in [-0.15, -0.1) is 4.91 Å². The summed E-state index contributed by atoms with van der Waals surface area (Å²) in [4.78, 5) is 22.3. The second-order valence-electron chi connectivity index (χ2n) is 3.60. The van der Waals surface area contributed by atoms with Gasteiger partial charge in [-0.25, -0.2) is 4.39 Å². The van der Waals surface area contributed by atoms with Crippen LogP contribution in [0.25, 0.3) is 0 Å². The maximum absolute atomic E-state index is 13.5. The van der Waals surface area contributed by atoms with Gasteiger partial charge in [-0.05, 0) is 18.5 Å². The van der Waals surface area contributed by atoms with Crippen molar-refractivity contribution in [3.8, 4) is 0 Å². The summed E-state index contributed by atoms with van der Waals surface area (Å²) in [6, 6.07) is 0. The second kappa shape index (κ2) is 5.49. The Hall–Kier alpha value is -1.58. The summed E-state index contributed by atoms with van der Waals surface area (Å²) in [5.41, 5.74) is 0.531. The maximum atomic E-state index is 13.5. The highest BCUT2D eigenvalue weighted by molar-refractivity contribution is 6.09. The minimum absolute atomic E-state index is 0.106. The monoisotopic (exact) mass is 223 g/mol. The Morgan fingerprint density at radius 2 is 2.31 bits per heavy atom. The van der Waals surface area contributed by atoms with Gasteiger partial charge >= 0.3 is 0 Å². The van der Waals surface area contributed by atoms with Crippen LogP contribution >= 0.6 is 0 Å². The van der Waals surface area contributed by atoms with E-state index in [1.54, 1.807) is 19.1 Å². The van der Waals surface area contributed by atoms with Crippen LogP contribution in [0.1, 0.15) is 26.7 Å². The van der Waals surface area contributed by atoms with Gasteiger partial charge in [0, 0.05) is 17.6 Å². The fraction of sp³-hybridized carbons (Fsp3) is 0.417. The fourth-order valence-corrected chi connectivity index (χ4v) is 1.56. The molecule has 0 aromatic carbocycles. The van der Waals surface area contributed by atoms with E-state index in [2.05, 4.69) is 5.18 Å². The number of nitrogens with zero attached hydrogens (tertiary/aromatic N) is 1. The predicted molar refractivity (Wildman–Crippen MR) is 60.5 cm³/mol. The molecule has 3 nitrogen and oxygen atoms in total. The molecule has 0 radical (unpaired) electrons. The van der Waals surface area contributed by atoms with E-state index in [9.17, 15) is 14.1 Å². The first-order valence-corrected chi connectivity index (χ1v) is 5.20. The highest BCUT2D eigenvalue weighted by Crippen LogP contribution is 2.22. The molecule has 16 heavy (non-hydrogen) atoms. The van der Waals surface area contributed by atoms with Crippen molar-refractivity contribution >= 4 is 5.78 Å². The van der Waals surface area contributed by atoms with Gasteiger partial charge in [-0.3, -0.25) is 4.79 Å². The minimum atomic E-state index is -1.28. The number of hydrogen-bond acceptors (Lipinski definition) is 3. The first-order valence-electron chi connectivity index (χ1n) is 5.20. The summed E-state index contributed by atoms with van der Waals surface area (Å²) in [5.74, 6) is -0.423. The molecule has 1 atom stereocenters. The number of hydrogen-bond donors (Lipinski definition) is 0. The Balaban J connectivity index is 3.02. The zero-order chi connectivity index (χ0) is 12.1. The van der Waals surface area contributed by atoms with Crippen molar-refractivity contribution in [3.05, 3.63) is 40.0 Å². The quantitative estimate of drug-likeness (QED) is 0.542. The van der Waals surface area contributed by atoms with Gasteiger partial charge in [0.15, 0.2) is 5.78 Å². The van der Waals surface area contributed by atoms with Crippen molar-refractivity contribution in [2.45, 2.75) is 32.9 Å². The standard InChI is InChI=1S/C12H14FNO2/c1-3-11(14-16)8(2)12(15)9-6-4-5-7-10(9)13/h4-6,10H,3,7H2,1-2H3/b11-8-. The number of nitroso groups, excluding NO2 is 1. The SMILES string of the molecule is CC/C(N=O)=C(\C)C(=O)C1=CC=CCC1F. The smallest absolute Gasteiger partial charge is 0.189 e. The number of ketones is 1. The molecule has 0 N–H and O–H groups in total. The summed E-state index contributed by atoms with van der Waals surface area (Å²) in [6.07, 6.45) is 4.08. The summed E-state index contributed by atoms with van der Waals surface area (Å²) in [5, 5.41) is 2.79. The van der Waals surface area contributed by atoms with Crippen molar-refractivity contribution in [1.29, 1.82) is 0 Å². The number of rotatable bonds is 4. The third-order valence-electron chi connectivity index (χ3n) is 2.57. The van der Waals surface area contributed by atoms with Gasteiger partial charge in [0.05, 0.1) is 5.70 Å². The van der Waals surface area contributed by atoms with Gasteiger partial charge in [0.1, 0.15) is 6.17 Å². The molecular formula is C12H14FNO2. The second-order valence-corrected chi connectivity index (χ2v) is 3.60. The normalized spacial score (nSPS) is 21.2. The van der Waals surface area contributed by atoms with Crippen LogP contribution in [0.3, 0.4) is 0 Å². The highest BCUT2D eigenvalue weighted by Gasteiger charge is 2.23. The third kappa shape index (κ3) is 2.51. The van der Waals surface area contributed by atoms with Crippen LogP contribution in [-0.2, 0) is 4.79 Å². The van der Waals surface area contributed by atoms with Crippen LogP contribution in [0.4, 0.5) is 4.39 Å². The molecule has 86 valence electrons. The molecule has 0 heterocycles. The lowest BCUT2D eigenvalue weighted by Crippen LogP contribution is -2.17. The van der Waals surface area contributed by atoms with Crippen molar-refractivity contribution < 1.29 is 9.18 Å². The van der Waals surface area contributed by atoms with E-state index in [1.807, 2.05) is 0 Å². The van der Waals surface area contributed by atoms with E-state index < -0.39 is 12.0 Å². The Kier molecular flexibility index (Phi) is 4.28. The number of carbonyl (C=O) groups excluding carboxylic acids is 1. The van der Waals surface area contributed by atoms with E-state index in [0.717, 1.165) is 0 Å². The number of Topliss-reactive ketones (excluding diaryl/α,β-unsaturated/α-hetero) is 1. The van der Waals surface area contributed by atoms with Crippen LogP contribution in [0.15, 0.2) is 40.2 Å².